The number of benzene rings is 3. The maximum Gasteiger partial charge on any atom is 0.349 e. The molecule has 2 heterocycles. The zero-order chi connectivity index (χ0) is 29.6. The van der Waals surface area contributed by atoms with Gasteiger partial charge in [-0.05, 0) is 85.8 Å². The van der Waals surface area contributed by atoms with Gasteiger partial charge in [-0.25, -0.2) is 17.2 Å². The first-order chi connectivity index (χ1) is 19.4. The van der Waals surface area contributed by atoms with Gasteiger partial charge in [0.2, 0.25) is 5.69 Å². The van der Waals surface area contributed by atoms with E-state index in [1.165, 1.54) is 3.97 Å². The second kappa shape index (κ2) is 10.2. The van der Waals surface area contributed by atoms with Crippen LogP contribution in [0.1, 0.15) is 47.7 Å². The molecule has 1 N–H and O–H groups in total. The number of aromatic nitrogens is 4. The molecule has 0 saturated carbocycles. The first kappa shape index (κ1) is 27.6. The van der Waals surface area contributed by atoms with Crippen molar-refractivity contribution in [3.8, 4) is 23.3 Å². The van der Waals surface area contributed by atoms with Crippen LogP contribution in [0.25, 0.3) is 16.6 Å². The van der Waals surface area contributed by atoms with E-state index in [2.05, 4.69) is 10.1 Å². The van der Waals surface area contributed by atoms with Gasteiger partial charge in [0.05, 0.1) is 16.1 Å². The molecule has 41 heavy (non-hydrogen) atoms. The minimum absolute atomic E-state index is 0.0476. The highest BCUT2D eigenvalue weighted by atomic mass is 32.2. The van der Waals surface area contributed by atoms with Crippen LogP contribution in [0.5, 0.6) is 11.5 Å². The standard InChI is InChI=1S/C30H27N5O5S/c1-17(2)25-16-34(41(38,39)23-9-6-18(3)7-10-23)27-11-8-22(14-24(25)27)40-28-19(4)12-21(13-20(28)5)35-30(37)32-29(36)26(15-31)33-35/h6-14,16-17H,1-5H3,(H,32,36,37). The van der Waals surface area contributed by atoms with Crippen LogP contribution in [0.15, 0.2) is 75.3 Å². The van der Waals surface area contributed by atoms with Gasteiger partial charge in [0, 0.05) is 11.6 Å². The van der Waals surface area contributed by atoms with Crippen molar-refractivity contribution >= 4 is 20.9 Å². The van der Waals surface area contributed by atoms with Gasteiger partial charge in [0.25, 0.3) is 15.6 Å². The summed E-state index contributed by atoms with van der Waals surface area (Å²) >= 11 is 0. The second-order valence-corrected chi connectivity index (χ2v) is 12.0. The number of H-pyrrole nitrogens is 1. The number of ether oxygens (including phenoxy) is 1. The summed E-state index contributed by atoms with van der Waals surface area (Å²) in [6.45, 7) is 9.51. The quantitative estimate of drug-likeness (QED) is 0.309. The molecule has 0 aliphatic rings. The predicted octanol–water partition coefficient (Wildman–Crippen LogP) is 4.83. The molecule has 0 amide bonds. The van der Waals surface area contributed by atoms with Gasteiger partial charge < -0.3 is 4.74 Å². The molecule has 2 aromatic heterocycles. The van der Waals surface area contributed by atoms with Gasteiger partial charge in [0.15, 0.2) is 0 Å². The first-order valence-corrected chi connectivity index (χ1v) is 14.2. The Morgan fingerprint density at radius 3 is 2.24 bits per heavy atom. The molecule has 0 radical (unpaired) electrons. The van der Waals surface area contributed by atoms with Gasteiger partial charge in [-0.2, -0.15) is 9.94 Å². The summed E-state index contributed by atoms with van der Waals surface area (Å²) in [5.74, 6) is 1.10. The monoisotopic (exact) mass is 569 g/mol. The molecule has 208 valence electrons. The number of hydrogen-bond acceptors (Lipinski definition) is 7. The first-order valence-electron chi connectivity index (χ1n) is 12.8. The minimum Gasteiger partial charge on any atom is -0.457 e. The van der Waals surface area contributed by atoms with Crippen LogP contribution in [0.4, 0.5) is 0 Å². The van der Waals surface area contributed by atoms with E-state index in [4.69, 9.17) is 10.00 Å². The molecule has 0 bridgehead atoms. The van der Waals surface area contributed by atoms with Crippen molar-refractivity contribution in [3.05, 3.63) is 110 Å². The third kappa shape index (κ3) is 4.94. The lowest BCUT2D eigenvalue weighted by Gasteiger charge is -2.15. The SMILES string of the molecule is Cc1ccc(S(=O)(=O)n2cc(C(C)C)c3cc(Oc4c(C)cc(-n5nc(C#N)c(=O)[nH]c5=O)cc4C)ccc32)cc1. The topological polar surface area (TPSA) is 140 Å². The zero-order valence-corrected chi connectivity index (χ0v) is 23.9. The van der Waals surface area contributed by atoms with Gasteiger partial charge in [0.1, 0.15) is 17.6 Å². The van der Waals surface area contributed by atoms with Crippen LogP contribution < -0.4 is 16.0 Å². The summed E-state index contributed by atoms with van der Waals surface area (Å²) < 4.78 is 35.7. The lowest BCUT2D eigenvalue weighted by atomic mass is 10.0. The molecule has 0 aliphatic heterocycles. The molecule has 0 spiro atoms. The number of fused-ring (bicyclic) bond motifs is 1. The summed E-state index contributed by atoms with van der Waals surface area (Å²) in [6.07, 6.45) is 1.67. The predicted molar refractivity (Wildman–Crippen MR) is 155 cm³/mol. The summed E-state index contributed by atoms with van der Waals surface area (Å²) in [5.41, 5.74) is 2.07. The molecule has 0 fully saturated rings. The summed E-state index contributed by atoms with van der Waals surface area (Å²) in [5, 5.41) is 13.8. The second-order valence-electron chi connectivity index (χ2n) is 10.2. The minimum atomic E-state index is -3.82. The third-order valence-electron chi connectivity index (χ3n) is 6.82. The average molecular weight is 570 g/mol. The van der Waals surface area contributed by atoms with Gasteiger partial charge >= 0.3 is 5.69 Å². The molecule has 5 rings (SSSR count). The van der Waals surface area contributed by atoms with Gasteiger partial charge in [-0.3, -0.25) is 9.78 Å². The van der Waals surface area contributed by atoms with Crippen molar-refractivity contribution < 1.29 is 13.2 Å². The lowest BCUT2D eigenvalue weighted by Crippen LogP contribution is -2.33. The third-order valence-corrected chi connectivity index (χ3v) is 8.50. The lowest BCUT2D eigenvalue weighted by molar-refractivity contribution is 0.475. The number of nitrogens with zero attached hydrogens (tertiary/aromatic N) is 4. The van der Waals surface area contributed by atoms with Crippen molar-refractivity contribution in [2.45, 2.75) is 45.4 Å². The maximum absolute atomic E-state index is 13.6. The van der Waals surface area contributed by atoms with Crippen LogP contribution in [0.3, 0.4) is 0 Å². The number of rotatable bonds is 6. The average Bonchev–Trinajstić information content (AvgIpc) is 3.31. The summed E-state index contributed by atoms with van der Waals surface area (Å²) in [4.78, 5) is 26.4. The van der Waals surface area contributed by atoms with Crippen LogP contribution in [0.2, 0.25) is 0 Å². The molecule has 5 aromatic rings. The number of hydrogen-bond donors (Lipinski definition) is 1. The van der Waals surface area contributed by atoms with E-state index in [1.54, 1.807) is 74.6 Å². The normalized spacial score (nSPS) is 11.6. The van der Waals surface area contributed by atoms with E-state index in [1.807, 2.05) is 26.8 Å². The highest BCUT2D eigenvalue weighted by Gasteiger charge is 2.23. The van der Waals surface area contributed by atoms with Gasteiger partial charge in [-0.15, -0.1) is 5.10 Å². The highest BCUT2D eigenvalue weighted by molar-refractivity contribution is 7.90. The van der Waals surface area contributed by atoms with Crippen LogP contribution in [-0.2, 0) is 10.0 Å². The van der Waals surface area contributed by atoms with Crippen molar-refractivity contribution in [3.63, 3.8) is 0 Å². The molecule has 0 saturated heterocycles. The Bertz CT molecular complexity index is 2070. The molecule has 3 aromatic carbocycles. The van der Waals surface area contributed by atoms with Crippen LogP contribution in [0, 0.1) is 32.1 Å². The Hall–Kier alpha value is -4.95. The molecule has 0 atom stereocenters. The molecule has 11 heteroatoms. The molecular formula is C30H27N5O5S. The Balaban J connectivity index is 1.56. The van der Waals surface area contributed by atoms with Crippen LogP contribution in [-0.4, -0.2) is 27.2 Å². The van der Waals surface area contributed by atoms with Crippen molar-refractivity contribution in [2.75, 3.05) is 0 Å². The van der Waals surface area contributed by atoms with Crippen LogP contribution >= 0.6 is 0 Å². The number of nitriles is 1. The fourth-order valence-electron chi connectivity index (χ4n) is 4.73. The summed E-state index contributed by atoms with van der Waals surface area (Å²) in [6, 6.07) is 17.0. The zero-order valence-electron chi connectivity index (χ0n) is 23.1. The Morgan fingerprint density at radius 1 is 0.976 bits per heavy atom. The van der Waals surface area contributed by atoms with E-state index >= 15 is 0 Å². The molecular weight excluding hydrogens is 542 g/mol. The van der Waals surface area contributed by atoms with E-state index in [-0.39, 0.29) is 10.8 Å². The van der Waals surface area contributed by atoms with Gasteiger partial charge in [-0.1, -0.05) is 31.5 Å². The highest BCUT2D eigenvalue weighted by Crippen LogP contribution is 2.36. The van der Waals surface area contributed by atoms with E-state index in [9.17, 15) is 18.0 Å². The fraction of sp³-hybridized carbons (Fsp3) is 0.200. The van der Waals surface area contributed by atoms with Crippen molar-refractivity contribution in [2.24, 2.45) is 0 Å². The number of nitrogens with one attached hydrogen (secondary N) is 1. The number of aryl methyl sites for hydroxylation is 3. The number of aromatic amines is 1. The largest absolute Gasteiger partial charge is 0.457 e. The smallest absolute Gasteiger partial charge is 0.349 e. The fourth-order valence-corrected chi connectivity index (χ4v) is 6.10. The maximum atomic E-state index is 13.6. The molecule has 0 aliphatic carbocycles. The Kier molecular flexibility index (Phi) is 6.88. The molecule has 0 unspecified atom stereocenters. The van der Waals surface area contributed by atoms with E-state index in [0.717, 1.165) is 21.2 Å². The van der Waals surface area contributed by atoms with E-state index < -0.39 is 27.0 Å². The summed E-state index contributed by atoms with van der Waals surface area (Å²) in [7, 11) is -3.82. The van der Waals surface area contributed by atoms with Crippen molar-refractivity contribution in [1.82, 2.24) is 18.7 Å². The Morgan fingerprint density at radius 2 is 1.63 bits per heavy atom. The van der Waals surface area contributed by atoms with Crippen molar-refractivity contribution in [1.29, 1.82) is 5.26 Å². The Labute approximate surface area is 236 Å². The molecule has 10 nitrogen and oxygen atoms in total. The van der Waals surface area contributed by atoms with E-state index in [0.29, 0.717) is 33.8 Å².